The number of carbonyl (C=O) groups excluding carboxylic acids is 2. The second-order valence-corrected chi connectivity index (χ2v) is 6.20. The summed E-state index contributed by atoms with van der Waals surface area (Å²) in [4.78, 5) is 24.3. The zero-order chi connectivity index (χ0) is 21.2. The van der Waals surface area contributed by atoms with Gasteiger partial charge in [-0.05, 0) is 55.0 Å². The monoisotopic (exact) mass is 413 g/mol. The molecular formula is C21H23N3O4S. The summed E-state index contributed by atoms with van der Waals surface area (Å²) >= 11 is 5.18. The quantitative estimate of drug-likeness (QED) is 0.478. The number of benzene rings is 2. The van der Waals surface area contributed by atoms with Crippen molar-refractivity contribution in [3.05, 3.63) is 59.7 Å². The van der Waals surface area contributed by atoms with E-state index in [1.807, 2.05) is 6.92 Å². The van der Waals surface area contributed by atoms with Gasteiger partial charge in [0.25, 0.3) is 5.91 Å². The van der Waals surface area contributed by atoms with E-state index in [9.17, 15) is 9.59 Å². The number of hydrogen-bond acceptors (Lipinski definition) is 5. The van der Waals surface area contributed by atoms with Crippen LogP contribution in [0.5, 0.6) is 11.5 Å². The Morgan fingerprint density at radius 2 is 1.79 bits per heavy atom. The molecular weight excluding hydrogens is 390 g/mol. The van der Waals surface area contributed by atoms with Crippen LogP contribution in [-0.4, -0.2) is 37.7 Å². The lowest BCUT2D eigenvalue weighted by Gasteiger charge is -2.12. The minimum atomic E-state index is -0.409. The van der Waals surface area contributed by atoms with Crippen molar-refractivity contribution in [1.29, 1.82) is 0 Å². The highest BCUT2D eigenvalue weighted by Gasteiger charge is 2.11. The summed E-state index contributed by atoms with van der Waals surface area (Å²) < 4.78 is 10.4. The number of anilines is 1. The number of hydrogen-bond donors (Lipinski definition) is 3. The molecule has 0 saturated carbocycles. The molecule has 2 amide bonds. The Hall–Kier alpha value is -3.39. The highest BCUT2D eigenvalue weighted by molar-refractivity contribution is 7.80. The minimum Gasteiger partial charge on any atom is -0.493 e. The highest BCUT2D eigenvalue weighted by Crippen LogP contribution is 2.27. The van der Waals surface area contributed by atoms with E-state index in [4.69, 9.17) is 21.7 Å². The number of rotatable bonds is 7. The molecule has 3 N–H and O–H groups in total. The molecule has 0 fully saturated rings. The Morgan fingerprint density at radius 3 is 2.48 bits per heavy atom. The number of carbonyl (C=O) groups is 2. The topological polar surface area (TPSA) is 88.7 Å². The molecule has 2 aromatic rings. The smallest absolute Gasteiger partial charge is 0.253 e. The van der Waals surface area contributed by atoms with E-state index in [0.29, 0.717) is 29.3 Å². The fourth-order valence-corrected chi connectivity index (χ4v) is 2.69. The van der Waals surface area contributed by atoms with Crippen molar-refractivity contribution >= 4 is 40.9 Å². The number of thiocarbonyl (C=S) groups is 1. The summed E-state index contributed by atoms with van der Waals surface area (Å²) in [7, 11) is 3.10. The minimum absolute atomic E-state index is 0.0868. The number of para-hydroxylation sites is 1. The van der Waals surface area contributed by atoms with Crippen molar-refractivity contribution < 1.29 is 19.1 Å². The Labute approximate surface area is 175 Å². The standard InChI is InChI=1S/C21H23N3O4S/c1-4-22-20(26)15-7-5-6-8-16(15)23-21(29)24-19(25)12-10-14-9-11-17(27-2)18(13-14)28-3/h5-13H,4H2,1-3H3,(H,22,26)(H2,23,24,25,29). The molecule has 0 unspecified atom stereocenters. The fraction of sp³-hybridized carbons (Fsp3) is 0.190. The highest BCUT2D eigenvalue weighted by atomic mass is 32.1. The SMILES string of the molecule is CCNC(=O)c1ccccc1NC(=S)NC(=O)C=Cc1ccc(OC)c(OC)c1. The predicted octanol–water partition coefficient (Wildman–Crippen LogP) is 2.98. The van der Waals surface area contributed by atoms with Gasteiger partial charge in [-0.25, -0.2) is 0 Å². The summed E-state index contributed by atoms with van der Waals surface area (Å²) in [5.41, 5.74) is 1.71. The molecule has 2 rings (SSSR count). The average Bonchev–Trinajstić information content (AvgIpc) is 2.72. The van der Waals surface area contributed by atoms with Gasteiger partial charge in [-0.2, -0.15) is 0 Å². The molecule has 0 aliphatic carbocycles. The van der Waals surface area contributed by atoms with Crippen LogP contribution in [0.25, 0.3) is 6.08 Å². The summed E-state index contributed by atoms with van der Waals surface area (Å²) in [5, 5.41) is 8.25. The molecule has 0 aliphatic rings. The summed E-state index contributed by atoms with van der Waals surface area (Å²) in [6, 6.07) is 12.2. The van der Waals surface area contributed by atoms with E-state index in [2.05, 4.69) is 16.0 Å². The molecule has 0 radical (unpaired) electrons. The van der Waals surface area contributed by atoms with Crippen LogP contribution in [0.15, 0.2) is 48.5 Å². The van der Waals surface area contributed by atoms with Crippen molar-refractivity contribution in [2.75, 3.05) is 26.1 Å². The average molecular weight is 413 g/mol. The number of ether oxygens (including phenoxy) is 2. The van der Waals surface area contributed by atoms with Gasteiger partial charge in [-0.1, -0.05) is 18.2 Å². The zero-order valence-corrected chi connectivity index (χ0v) is 17.3. The van der Waals surface area contributed by atoms with Gasteiger partial charge in [0.15, 0.2) is 16.6 Å². The van der Waals surface area contributed by atoms with Crippen molar-refractivity contribution in [2.45, 2.75) is 6.92 Å². The number of amides is 2. The first-order valence-electron chi connectivity index (χ1n) is 8.87. The van der Waals surface area contributed by atoms with Crippen LogP contribution in [0.2, 0.25) is 0 Å². The van der Waals surface area contributed by atoms with Gasteiger partial charge in [0, 0.05) is 12.6 Å². The van der Waals surface area contributed by atoms with Gasteiger partial charge in [0.05, 0.1) is 25.5 Å². The van der Waals surface area contributed by atoms with Crippen molar-refractivity contribution in [3.8, 4) is 11.5 Å². The third kappa shape index (κ3) is 6.32. The first-order valence-corrected chi connectivity index (χ1v) is 9.28. The van der Waals surface area contributed by atoms with E-state index < -0.39 is 5.91 Å². The molecule has 152 valence electrons. The van der Waals surface area contributed by atoms with Gasteiger partial charge in [0.2, 0.25) is 5.91 Å². The molecule has 0 atom stereocenters. The van der Waals surface area contributed by atoms with E-state index in [0.717, 1.165) is 5.56 Å². The molecule has 0 bridgehead atoms. The second kappa shape index (κ2) is 10.8. The Kier molecular flexibility index (Phi) is 8.17. The van der Waals surface area contributed by atoms with Gasteiger partial charge in [-0.15, -0.1) is 0 Å². The van der Waals surface area contributed by atoms with Crippen LogP contribution in [0.1, 0.15) is 22.8 Å². The van der Waals surface area contributed by atoms with Crippen LogP contribution in [0.4, 0.5) is 5.69 Å². The third-order valence-corrected chi connectivity index (χ3v) is 4.03. The Bertz CT molecular complexity index is 928. The number of nitrogens with one attached hydrogen (secondary N) is 3. The molecule has 7 nitrogen and oxygen atoms in total. The van der Waals surface area contributed by atoms with E-state index in [1.165, 1.54) is 6.08 Å². The second-order valence-electron chi connectivity index (χ2n) is 5.80. The third-order valence-electron chi connectivity index (χ3n) is 3.83. The van der Waals surface area contributed by atoms with Crippen molar-refractivity contribution in [3.63, 3.8) is 0 Å². The maximum absolute atomic E-state index is 12.2. The summed E-state index contributed by atoms with van der Waals surface area (Å²) in [6.07, 6.45) is 2.98. The largest absolute Gasteiger partial charge is 0.493 e. The molecule has 0 spiro atoms. The van der Waals surface area contributed by atoms with E-state index in [1.54, 1.807) is 62.8 Å². The van der Waals surface area contributed by atoms with E-state index >= 15 is 0 Å². The Balaban J connectivity index is 2.01. The first kappa shape index (κ1) is 21.9. The summed E-state index contributed by atoms with van der Waals surface area (Å²) in [6.45, 7) is 2.35. The van der Waals surface area contributed by atoms with Crippen LogP contribution in [0, 0.1) is 0 Å². The van der Waals surface area contributed by atoms with Gasteiger partial charge >= 0.3 is 0 Å². The lowest BCUT2D eigenvalue weighted by Crippen LogP contribution is -2.34. The van der Waals surface area contributed by atoms with Gasteiger partial charge in [0.1, 0.15) is 0 Å². The van der Waals surface area contributed by atoms with E-state index in [-0.39, 0.29) is 11.0 Å². The van der Waals surface area contributed by atoms with Gasteiger partial charge in [-0.3, -0.25) is 14.9 Å². The molecule has 0 heterocycles. The van der Waals surface area contributed by atoms with Crippen LogP contribution < -0.4 is 25.4 Å². The van der Waals surface area contributed by atoms with Crippen LogP contribution in [0.3, 0.4) is 0 Å². The van der Waals surface area contributed by atoms with Crippen LogP contribution >= 0.6 is 12.2 Å². The molecule has 0 aliphatic heterocycles. The maximum atomic E-state index is 12.2. The van der Waals surface area contributed by atoms with Crippen molar-refractivity contribution in [2.24, 2.45) is 0 Å². The molecule has 0 saturated heterocycles. The molecule has 0 aromatic heterocycles. The van der Waals surface area contributed by atoms with Gasteiger partial charge < -0.3 is 20.1 Å². The molecule has 8 heteroatoms. The van der Waals surface area contributed by atoms with Crippen LogP contribution in [-0.2, 0) is 4.79 Å². The molecule has 2 aromatic carbocycles. The zero-order valence-electron chi connectivity index (χ0n) is 16.4. The number of methoxy groups -OCH3 is 2. The van der Waals surface area contributed by atoms with Crippen molar-refractivity contribution in [1.82, 2.24) is 10.6 Å². The summed E-state index contributed by atoms with van der Waals surface area (Å²) in [5.74, 6) is 0.533. The predicted molar refractivity (Wildman–Crippen MR) is 117 cm³/mol. The lowest BCUT2D eigenvalue weighted by atomic mass is 10.1. The maximum Gasteiger partial charge on any atom is 0.253 e. The Morgan fingerprint density at radius 1 is 1.07 bits per heavy atom. The fourth-order valence-electron chi connectivity index (χ4n) is 2.48. The molecule has 29 heavy (non-hydrogen) atoms. The normalized spacial score (nSPS) is 10.3. The lowest BCUT2D eigenvalue weighted by molar-refractivity contribution is -0.115. The first-order chi connectivity index (χ1) is 14.0.